The molecule has 1 aromatic heterocycles. The molecular weight excluding hydrogens is 296 g/mol. The lowest BCUT2D eigenvalue weighted by Gasteiger charge is -2.06. The molecular formula is C17H14N2O4. The largest absolute Gasteiger partial charge is 0.497 e. The minimum absolute atomic E-state index is 0.0355. The third-order valence-electron chi connectivity index (χ3n) is 3.24. The van der Waals surface area contributed by atoms with Gasteiger partial charge in [0, 0.05) is 11.1 Å². The minimum atomic E-state index is -0.103. The number of benzene rings is 2. The highest BCUT2D eigenvalue weighted by Gasteiger charge is 2.08. The van der Waals surface area contributed by atoms with Gasteiger partial charge >= 0.3 is 0 Å². The quantitative estimate of drug-likeness (QED) is 0.652. The zero-order chi connectivity index (χ0) is 16.1. The van der Waals surface area contributed by atoms with Crippen molar-refractivity contribution in [3.05, 3.63) is 60.5 Å². The summed E-state index contributed by atoms with van der Waals surface area (Å²) in [5.74, 6) is 1.63. The van der Waals surface area contributed by atoms with Gasteiger partial charge in [-0.25, -0.2) is 0 Å². The summed E-state index contributed by atoms with van der Waals surface area (Å²) in [7, 11) is 1.58. The maximum absolute atomic E-state index is 12.1. The molecule has 0 radical (unpaired) electrons. The predicted molar refractivity (Wildman–Crippen MR) is 82.6 cm³/mol. The molecule has 0 aliphatic heterocycles. The molecule has 0 fully saturated rings. The van der Waals surface area contributed by atoms with E-state index in [9.17, 15) is 4.79 Å². The third kappa shape index (κ3) is 3.55. The summed E-state index contributed by atoms with van der Waals surface area (Å²) in [4.78, 5) is 12.1. The third-order valence-corrected chi connectivity index (χ3v) is 3.24. The number of carbonyl (C=O) groups is 1. The number of ketones is 1. The van der Waals surface area contributed by atoms with E-state index in [0.29, 0.717) is 23.0 Å². The normalized spacial score (nSPS) is 10.3. The molecule has 3 aromatic rings. The molecule has 0 atom stereocenters. The van der Waals surface area contributed by atoms with Crippen LogP contribution < -0.4 is 9.47 Å². The van der Waals surface area contributed by atoms with E-state index in [1.54, 1.807) is 55.6 Å². The van der Waals surface area contributed by atoms with Gasteiger partial charge in [0.1, 0.15) is 11.5 Å². The molecule has 3 rings (SSSR count). The summed E-state index contributed by atoms with van der Waals surface area (Å²) in [6, 6.07) is 14.0. The van der Waals surface area contributed by atoms with E-state index >= 15 is 0 Å². The topological polar surface area (TPSA) is 74.5 Å². The van der Waals surface area contributed by atoms with Crippen molar-refractivity contribution in [2.24, 2.45) is 0 Å². The molecule has 0 spiro atoms. The van der Waals surface area contributed by atoms with Gasteiger partial charge in [-0.3, -0.25) is 4.79 Å². The lowest BCUT2D eigenvalue weighted by atomic mass is 10.1. The van der Waals surface area contributed by atoms with Crippen molar-refractivity contribution in [1.29, 1.82) is 0 Å². The average Bonchev–Trinajstić information content (AvgIpc) is 3.15. The Morgan fingerprint density at radius 1 is 1.04 bits per heavy atom. The Hall–Kier alpha value is -3.15. The number of methoxy groups -OCH3 is 1. The van der Waals surface area contributed by atoms with Gasteiger partial charge in [-0.2, -0.15) is 0 Å². The van der Waals surface area contributed by atoms with Gasteiger partial charge in [0.15, 0.2) is 12.4 Å². The number of ether oxygens (including phenoxy) is 2. The molecule has 0 saturated carbocycles. The standard InChI is InChI=1S/C17H14N2O4/c1-21-14-6-2-12(3-7-14)16(20)10-22-15-8-4-13(5-9-15)17-19-18-11-23-17/h2-9,11H,10H2,1H3. The van der Waals surface area contributed by atoms with Crippen molar-refractivity contribution in [3.8, 4) is 23.0 Å². The van der Waals surface area contributed by atoms with E-state index in [2.05, 4.69) is 10.2 Å². The number of hydrogen-bond acceptors (Lipinski definition) is 6. The smallest absolute Gasteiger partial charge is 0.247 e. The fourth-order valence-electron chi connectivity index (χ4n) is 2.00. The fraction of sp³-hybridized carbons (Fsp3) is 0.118. The highest BCUT2D eigenvalue weighted by atomic mass is 16.5. The number of rotatable bonds is 6. The van der Waals surface area contributed by atoms with Gasteiger partial charge in [0.25, 0.3) is 0 Å². The van der Waals surface area contributed by atoms with Crippen LogP contribution in [0.4, 0.5) is 0 Å². The number of aromatic nitrogens is 2. The summed E-state index contributed by atoms with van der Waals surface area (Å²) in [6.07, 6.45) is 1.27. The van der Waals surface area contributed by atoms with Crippen molar-refractivity contribution in [1.82, 2.24) is 10.2 Å². The predicted octanol–water partition coefficient (Wildman–Crippen LogP) is 3.01. The van der Waals surface area contributed by atoms with Gasteiger partial charge in [-0.05, 0) is 48.5 Å². The maximum Gasteiger partial charge on any atom is 0.247 e. The first-order valence-electron chi connectivity index (χ1n) is 6.93. The molecule has 0 bridgehead atoms. The maximum atomic E-state index is 12.1. The molecule has 0 aliphatic rings. The van der Waals surface area contributed by atoms with Gasteiger partial charge < -0.3 is 13.9 Å². The van der Waals surface area contributed by atoms with Crippen molar-refractivity contribution in [2.75, 3.05) is 13.7 Å². The summed E-state index contributed by atoms with van der Waals surface area (Å²) in [6.45, 7) is -0.0355. The van der Waals surface area contributed by atoms with E-state index in [0.717, 1.165) is 5.56 Å². The van der Waals surface area contributed by atoms with Crippen LogP contribution in [0.5, 0.6) is 11.5 Å². The Bertz CT molecular complexity index is 765. The van der Waals surface area contributed by atoms with Crippen LogP contribution >= 0.6 is 0 Å². The molecule has 0 unspecified atom stereocenters. The van der Waals surface area contributed by atoms with E-state index in [1.807, 2.05) is 0 Å². The van der Waals surface area contributed by atoms with Crippen LogP contribution in [0.2, 0.25) is 0 Å². The first-order chi connectivity index (χ1) is 11.3. The van der Waals surface area contributed by atoms with Crippen LogP contribution in [0, 0.1) is 0 Å². The number of Topliss-reactive ketones (excluding diaryl/α,β-unsaturated/α-hetero) is 1. The van der Waals surface area contributed by atoms with E-state index < -0.39 is 0 Å². The SMILES string of the molecule is COc1ccc(C(=O)COc2ccc(-c3nnco3)cc2)cc1. The van der Waals surface area contributed by atoms with Gasteiger partial charge in [-0.1, -0.05) is 0 Å². The number of carbonyl (C=O) groups excluding carboxylic acids is 1. The Balaban J connectivity index is 1.60. The molecule has 0 saturated heterocycles. The van der Waals surface area contributed by atoms with Crippen LogP contribution in [0.15, 0.2) is 59.3 Å². The second-order valence-electron chi connectivity index (χ2n) is 4.71. The summed E-state index contributed by atoms with van der Waals surface area (Å²) >= 11 is 0. The van der Waals surface area contributed by atoms with Crippen molar-refractivity contribution in [2.45, 2.75) is 0 Å². The Morgan fingerprint density at radius 3 is 2.35 bits per heavy atom. The van der Waals surface area contributed by atoms with E-state index in [4.69, 9.17) is 13.9 Å². The highest BCUT2D eigenvalue weighted by molar-refractivity contribution is 5.97. The van der Waals surface area contributed by atoms with E-state index in [1.165, 1.54) is 6.39 Å². The lowest BCUT2D eigenvalue weighted by Crippen LogP contribution is -2.11. The number of hydrogen-bond donors (Lipinski definition) is 0. The molecule has 0 amide bonds. The Morgan fingerprint density at radius 2 is 1.74 bits per heavy atom. The monoisotopic (exact) mass is 310 g/mol. The molecule has 6 nitrogen and oxygen atoms in total. The fourth-order valence-corrected chi connectivity index (χ4v) is 2.00. The average molecular weight is 310 g/mol. The Labute approximate surface area is 132 Å². The van der Waals surface area contributed by atoms with Gasteiger partial charge in [0.2, 0.25) is 12.3 Å². The van der Waals surface area contributed by atoms with E-state index in [-0.39, 0.29) is 12.4 Å². The van der Waals surface area contributed by atoms with Crippen LogP contribution in [-0.2, 0) is 0 Å². The van der Waals surface area contributed by atoms with Gasteiger partial charge in [0.05, 0.1) is 7.11 Å². The molecule has 2 aromatic carbocycles. The zero-order valence-electron chi connectivity index (χ0n) is 12.4. The first-order valence-corrected chi connectivity index (χ1v) is 6.93. The second-order valence-corrected chi connectivity index (χ2v) is 4.71. The van der Waals surface area contributed by atoms with Crippen LogP contribution in [-0.4, -0.2) is 29.7 Å². The van der Waals surface area contributed by atoms with Crippen molar-refractivity contribution >= 4 is 5.78 Å². The molecule has 6 heteroatoms. The second kappa shape index (κ2) is 6.74. The lowest BCUT2D eigenvalue weighted by molar-refractivity contribution is 0.0921. The van der Waals surface area contributed by atoms with Crippen LogP contribution in [0.25, 0.3) is 11.5 Å². The number of nitrogens with zero attached hydrogens (tertiary/aromatic N) is 2. The van der Waals surface area contributed by atoms with Crippen LogP contribution in [0.1, 0.15) is 10.4 Å². The zero-order valence-corrected chi connectivity index (χ0v) is 12.4. The van der Waals surface area contributed by atoms with Gasteiger partial charge in [-0.15, -0.1) is 10.2 Å². The summed E-state index contributed by atoms with van der Waals surface area (Å²) < 4.78 is 15.7. The molecule has 0 aliphatic carbocycles. The summed E-state index contributed by atoms with van der Waals surface area (Å²) in [5, 5.41) is 7.45. The highest BCUT2D eigenvalue weighted by Crippen LogP contribution is 2.20. The minimum Gasteiger partial charge on any atom is -0.497 e. The van der Waals surface area contributed by atoms with Crippen molar-refractivity contribution < 1.29 is 18.7 Å². The summed E-state index contributed by atoms with van der Waals surface area (Å²) in [5.41, 5.74) is 1.37. The Kier molecular flexibility index (Phi) is 4.33. The molecule has 1 heterocycles. The molecule has 0 N–H and O–H groups in total. The van der Waals surface area contributed by atoms with Crippen LogP contribution in [0.3, 0.4) is 0 Å². The molecule has 23 heavy (non-hydrogen) atoms. The first kappa shape index (κ1) is 14.8. The van der Waals surface area contributed by atoms with Crippen molar-refractivity contribution in [3.63, 3.8) is 0 Å². The molecule has 116 valence electrons.